The molecule has 1 aliphatic rings. The van der Waals surface area contributed by atoms with Gasteiger partial charge in [-0.05, 0) is 18.1 Å². The molecule has 1 N–H and O–H groups in total. The van der Waals surface area contributed by atoms with Gasteiger partial charge in [-0.2, -0.15) is 4.98 Å². The Morgan fingerprint density at radius 2 is 1.83 bits per heavy atom. The maximum atomic E-state index is 12.7. The zero-order chi connectivity index (χ0) is 20.1. The maximum absolute atomic E-state index is 12.7. The molecule has 2 atom stereocenters. The van der Waals surface area contributed by atoms with Crippen LogP contribution in [0.3, 0.4) is 0 Å². The monoisotopic (exact) mass is 392 g/mol. The van der Waals surface area contributed by atoms with Crippen LogP contribution in [0.2, 0.25) is 0 Å². The minimum absolute atomic E-state index is 0.0411. The molecule has 4 rings (SSSR count). The second-order valence-electron chi connectivity index (χ2n) is 7.18. The van der Waals surface area contributed by atoms with Crippen molar-refractivity contribution in [3.63, 3.8) is 0 Å². The van der Waals surface area contributed by atoms with Crippen molar-refractivity contribution < 1.29 is 14.1 Å². The number of carbonyl (C=O) groups excluding carboxylic acids is 1. The fraction of sp³-hybridized carbons (Fsp3) is 0.318. The zero-order valence-electron chi connectivity index (χ0n) is 16.3. The molecule has 7 nitrogen and oxygen atoms in total. The fourth-order valence-corrected chi connectivity index (χ4v) is 3.44. The van der Waals surface area contributed by atoms with Gasteiger partial charge >= 0.3 is 6.03 Å². The van der Waals surface area contributed by atoms with E-state index in [0.717, 1.165) is 11.1 Å². The van der Waals surface area contributed by atoms with Crippen molar-refractivity contribution in [3.8, 4) is 0 Å². The molecule has 0 spiro atoms. The molecule has 2 amide bonds. The van der Waals surface area contributed by atoms with Gasteiger partial charge in [0.05, 0.1) is 19.2 Å². The summed E-state index contributed by atoms with van der Waals surface area (Å²) in [6.07, 6.45) is 0.421. The van der Waals surface area contributed by atoms with Gasteiger partial charge in [0, 0.05) is 13.0 Å². The third kappa shape index (κ3) is 5.00. The summed E-state index contributed by atoms with van der Waals surface area (Å²) in [5.74, 6) is 0.995. The Labute approximate surface area is 169 Å². The van der Waals surface area contributed by atoms with Crippen molar-refractivity contribution in [3.05, 3.63) is 83.5 Å². The van der Waals surface area contributed by atoms with Crippen molar-refractivity contribution in [1.29, 1.82) is 0 Å². The van der Waals surface area contributed by atoms with Crippen molar-refractivity contribution in [2.75, 3.05) is 13.1 Å². The molecular formula is C22H24N4O3. The Kier molecular flexibility index (Phi) is 5.86. The van der Waals surface area contributed by atoms with Gasteiger partial charge in [-0.15, -0.1) is 0 Å². The summed E-state index contributed by atoms with van der Waals surface area (Å²) in [6.45, 7) is 3.22. The van der Waals surface area contributed by atoms with E-state index in [4.69, 9.17) is 9.26 Å². The van der Waals surface area contributed by atoms with Crippen molar-refractivity contribution in [2.24, 2.45) is 0 Å². The first-order chi connectivity index (χ1) is 14.2. The summed E-state index contributed by atoms with van der Waals surface area (Å²) in [6, 6.07) is 19.7. The van der Waals surface area contributed by atoms with Gasteiger partial charge in [0.1, 0.15) is 6.10 Å². The molecule has 7 heteroatoms. The molecule has 0 bridgehead atoms. The Bertz CT molecular complexity index is 930. The molecule has 1 aromatic heterocycles. The quantitative estimate of drug-likeness (QED) is 0.720. The molecule has 29 heavy (non-hydrogen) atoms. The number of ether oxygens (including phenoxy) is 1. The molecule has 0 unspecified atom stereocenters. The molecule has 2 heterocycles. The summed E-state index contributed by atoms with van der Waals surface area (Å²) in [5, 5.41) is 6.87. The SMILES string of the molecule is C[C@H]1CN(C(=O)NCc2nc(Cc3ccccc3)no2)C[C@H](c2ccccc2)O1. The number of aromatic nitrogens is 2. The molecule has 1 aliphatic heterocycles. The summed E-state index contributed by atoms with van der Waals surface area (Å²) in [4.78, 5) is 18.8. The van der Waals surface area contributed by atoms with Crippen LogP contribution < -0.4 is 5.32 Å². The first-order valence-electron chi connectivity index (χ1n) is 9.76. The highest BCUT2D eigenvalue weighted by molar-refractivity contribution is 5.74. The van der Waals surface area contributed by atoms with Crippen LogP contribution in [0.15, 0.2) is 65.2 Å². The number of nitrogens with one attached hydrogen (secondary N) is 1. The number of hydrogen-bond acceptors (Lipinski definition) is 5. The van der Waals surface area contributed by atoms with Gasteiger partial charge < -0.3 is 19.5 Å². The van der Waals surface area contributed by atoms with Crippen LogP contribution in [-0.2, 0) is 17.7 Å². The topological polar surface area (TPSA) is 80.5 Å². The third-order valence-electron chi connectivity index (χ3n) is 4.82. The van der Waals surface area contributed by atoms with Gasteiger partial charge in [0.2, 0.25) is 5.89 Å². The maximum Gasteiger partial charge on any atom is 0.318 e. The number of urea groups is 1. The van der Waals surface area contributed by atoms with E-state index in [0.29, 0.717) is 31.2 Å². The van der Waals surface area contributed by atoms with E-state index in [1.807, 2.05) is 67.6 Å². The summed E-state index contributed by atoms with van der Waals surface area (Å²) < 4.78 is 11.3. The van der Waals surface area contributed by atoms with Crippen LogP contribution in [0.1, 0.15) is 35.9 Å². The van der Waals surface area contributed by atoms with Gasteiger partial charge in [-0.3, -0.25) is 0 Å². The summed E-state index contributed by atoms with van der Waals surface area (Å²) >= 11 is 0. The lowest BCUT2D eigenvalue weighted by Crippen LogP contribution is -2.49. The minimum Gasteiger partial charge on any atom is -0.367 e. The number of benzene rings is 2. The first-order valence-corrected chi connectivity index (χ1v) is 9.76. The van der Waals surface area contributed by atoms with E-state index < -0.39 is 0 Å². The lowest BCUT2D eigenvalue weighted by atomic mass is 10.1. The van der Waals surface area contributed by atoms with Crippen LogP contribution in [0.5, 0.6) is 0 Å². The second kappa shape index (κ2) is 8.87. The van der Waals surface area contributed by atoms with E-state index in [-0.39, 0.29) is 24.8 Å². The normalized spacial score (nSPS) is 19.1. The lowest BCUT2D eigenvalue weighted by molar-refractivity contribution is -0.0657. The van der Waals surface area contributed by atoms with Gasteiger partial charge in [-0.25, -0.2) is 4.79 Å². The number of carbonyl (C=O) groups is 1. The average molecular weight is 392 g/mol. The van der Waals surface area contributed by atoms with Crippen LogP contribution in [-0.4, -0.2) is 40.3 Å². The van der Waals surface area contributed by atoms with Gasteiger partial charge in [0.25, 0.3) is 0 Å². The third-order valence-corrected chi connectivity index (χ3v) is 4.82. The largest absolute Gasteiger partial charge is 0.367 e. The van der Waals surface area contributed by atoms with E-state index in [1.54, 1.807) is 4.90 Å². The Balaban J connectivity index is 1.32. The molecule has 150 valence electrons. The molecule has 1 fully saturated rings. The molecule has 0 radical (unpaired) electrons. The summed E-state index contributed by atoms with van der Waals surface area (Å²) in [5.41, 5.74) is 2.18. The predicted octanol–water partition coefficient (Wildman–Crippen LogP) is 3.33. The number of morpholine rings is 1. The lowest BCUT2D eigenvalue weighted by Gasteiger charge is -2.36. The van der Waals surface area contributed by atoms with Crippen LogP contribution in [0.25, 0.3) is 0 Å². The Hall–Kier alpha value is -3.19. The average Bonchev–Trinajstić information content (AvgIpc) is 3.20. The molecule has 2 aromatic carbocycles. The number of amides is 2. The second-order valence-corrected chi connectivity index (χ2v) is 7.18. The molecule has 1 saturated heterocycles. The molecule has 0 aliphatic carbocycles. The number of rotatable bonds is 5. The van der Waals surface area contributed by atoms with Gasteiger partial charge in [-0.1, -0.05) is 65.8 Å². The number of nitrogens with zero attached hydrogens (tertiary/aromatic N) is 3. The standard InChI is InChI=1S/C22H24N4O3/c1-16-14-26(15-19(28-16)18-10-6-3-7-11-18)22(27)23-13-21-24-20(25-29-21)12-17-8-4-2-5-9-17/h2-11,16,19H,12-15H2,1H3,(H,23,27)/t16-,19+/m0/s1. The highest BCUT2D eigenvalue weighted by Gasteiger charge is 2.29. The molecule has 3 aromatic rings. The van der Waals surface area contributed by atoms with E-state index >= 15 is 0 Å². The van der Waals surface area contributed by atoms with Crippen molar-refractivity contribution >= 4 is 6.03 Å². The van der Waals surface area contributed by atoms with Crippen molar-refractivity contribution in [1.82, 2.24) is 20.4 Å². The molecule has 0 saturated carbocycles. The van der Waals surface area contributed by atoms with Crippen LogP contribution >= 0.6 is 0 Å². The predicted molar refractivity (Wildman–Crippen MR) is 107 cm³/mol. The summed E-state index contributed by atoms with van der Waals surface area (Å²) in [7, 11) is 0. The molecular weight excluding hydrogens is 368 g/mol. The zero-order valence-corrected chi connectivity index (χ0v) is 16.3. The number of hydrogen-bond donors (Lipinski definition) is 1. The van der Waals surface area contributed by atoms with Crippen LogP contribution in [0, 0.1) is 0 Å². The van der Waals surface area contributed by atoms with E-state index in [9.17, 15) is 4.79 Å². The smallest absolute Gasteiger partial charge is 0.318 e. The van der Waals surface area contributed by atoms with Gasteiger partial charge in [0.15, 0.2) is 5.82 Å². The Morgan fingerprint density at radius 1 is 1.10 bits per heavy atom. The van der Waals surface area contributed by atoms with Crippen molar-refractivity contribution in [2.45, 2.75) is 32.1 Å². The van der Waals surface area contributed by atoms with Crippen LogP contribution in [0.4, 0.5) is 4.79 Å². The van der Waals surface area contributed by atoms with E-state index in [1.165, 1.54) is 0 Å². The highest BCUT2D eigenvalue weighted by Crippen LogP contribution is 2.25. The first kappa shape index (κ1) is 19.1. The van der Waals surface area contributed by atoms with E-state index in [2.05, 4.69) is 15.5 Å². The minimum atomic E-state index is -0.163. The fourth-order valence-electron chi connectivity index (χ4n) is 3.44. The highest BCUT2D eigenvalue weighted by atomic mass is 16.5. The Morgan fingerprint density at radius 3 is 2.59 bits per heavy atom.